The van der Waals surface area contributed by atoms with Crippen LogP contribution >= 0.6 is 0 Å². The lowest BCUT2D eigenvalue weighted by molar-refractivity contribution is 1.14. The molecule has 0 radical (unpaired) electrons. The molecule has 0 unspecified atom stereocenters. The van der Waals surface area contributed by atoms with Crippen molar-refractivity contribution in [2.75, 3.05) is 0 Å². The summed E-state index contributed by atoms with van der Waals surface area (Å²) in [6.45, 7) is 2.15. The van der Waals surface area contributed by atoms with E-state index in [1.54, 1.807) is 0 Å². The lowest BCUT2D eigenvalue weighted by Crippen LogP contribution is -1.80. The predicted octanol–water partition coefficient (Wildman–Crippen LogP) is 3.92. The van der Waals surface area contributed by atoms with E-state index in [-0.39, 0.29) is 0 Å². The quantitative estimate of drug-likeness (QED) is 0.662. The fraction of sp³-hybridized carbons (Fsp3) is 0.143. The van der Waals surface area contributed by atoms with Gasteiger partial charge in [0.25, 0.3) is 0 Å². The largest absolute Gasteiger partial charge is 0.0629 e. The van der Waals surface area contributed by atoms with Gasteiger partial charge in [0.15, 0.2) is 0 Å². The van der Waals surface area contributed by atoms with E-state index in [0.717, 1.165) is 17.5 Å². The van der Waals surface area contributed by atoms with Crippen molar-refractivity contribution in [3.63, 3.8) is 0 Å². The van der Waals surface area contributed by atoms with Gasteiger partial charge in [0.05, 0.1) is 1.37 Å². The van der Waals surface area contributed by atoms with Crippen LogP contribution in [0.4, 0.5) is 0 Å². The molecule has 0 saturated heterocycles. The van der Waals surface area contributed by atoms with Gasteiger partial charge in [-0.25, -0.2) is 0 Å². The first-order chi connectivity index (χ1) is 7.31. The highest BCUT2D eigenvalue weighted by Crippen LogP contribution is 2.19. The van der Waals surface area contributed by atoms with Crippen molar-refractivity contribution in [2.45, 2.75) is 13.3 Å². The second-order valence-corrected chi connectivity index (χ2v) is 3.33. The van der Waals surface area contributed by atoms with E-state index < -0.39 is 0 Å². The Labute approximate surface area is 86.6 Å². The Balaban J connectivity index is 2.42. The third-order valence-corrected chi connectivity index (χ3v) is 2.38. The molecule has 0 heteroatoms. The smallest absolute Gasteiger partial charge is 0.0622 e. The van der Waals surface area contributed by atoms with Gasteiger partial charge in [0.1, 0.15) is 0 Å². The fourth-order valence-electron chi connectivity index (χ4n) is 1.49. The maximum atomic E-state index is 7.81. The topological polar surface area (TPSA) is 0 Å². The van der Waals surface area contributed by atoms with Crippen LogP contribution in [0.25, 0.3) is 11.1 Å². The summed E-state index contributed by atoms with van der Waals surface area (Å²) in [6, 6.07) is 16.7. The SMILES string of the molecule is [2H]c1ccccc1-c1ccc(CC)cc1. The van der Waals surface area contributed by atoms with Gasteiger partial charge in [0.2, 0.25) is 0 Å². The Morgan fingerprint density at radius 1 is 0.929 bits per heavy atom. The minimum Gasteiger partial charge on any atom is -0.0622 e. The first kappa shape index (κ1) is 7.81. The van der Waals surface area contributed by atoms with Crippen LogP contribution in [-0.4, -0.2) is 0 Å². The van der Waals surface area contributed by atoms with Crippen LogP contribution in [0.15, 0.2) is 54.6 Å². The average molecular weight is 183 g/mol. The molecule has 0 aliphatic carbocycles. The molecule has 70 valence electrons. The highest BCUT2D eigenvalue weighted by molar-refractivity contribution is 5.63. The van der Waals surface area contributed by atoms with Crippen molar-refractivity contribution in [2.24, 2.45) is 0 Å². The van der Waals surface area contributed by atoms with Crippen molar-refractivity contribution in [1.29, 1.82) is 0 Å². The summed E-state index contributed by atoms with van der Waals surface area (Å²) in [6.07, 6.45) is 1.06. The lowest BCUT2D eigenvalue weighted by Gasteiger charge is -2.02. The van der Waals surface area contributed by atoms with Gasteiger partial charge in [0, 0.05) is 0 Å². The van der Waals surface area contributed by atoms with Crippen LogP contribution in [-0.2, 0) is 6.42 Å². The summed E-state index contributed by atoms with van der Waals surface area (Å²) in [5.41, 5.74) is 3.46. The average Bonchev–Trinajstić information content (AvgIpc) is 2.30. The molecule has 0 aliphatic heterocycles. The number of hydrogen-bond acceptors (Lipinski definition) is 0. The first-order valence-corrected chi connectivity index (χ1v) is 4.96. The van der Waals surface area contributed by atoms with Gasteiger partial charge in [-0.2, -0.15) is 0 Å². The fourth-order valence-corrected chi connectivity index (χ4v) is 1.49. The molecule has 2 aromatic rings. The van der Waals surface area contributed by atoms with Crippen molar-refractivity contribution < 1.29 is 1.37 Å². The molecule has 0 N–H and O–H groups in total. The Morgan fingerprint density at radius 3 is 2.36 bits per heavy atom. The number of hydrogen-bond donors (Lipinski definition) is 0. The molecule has 0 nitrogen and oxygen atoms in total. The van der Waals surface area contributed by atoms with Crippen molar-refractivity contribution in [3.8, 4) is 11.1 Å². The third kappa shape index (κ3) is 1.85. The number of rotatable bonds is 2. The molecular formula is C14H14. The molecule has 0 spiro atoms. The van der Waals surface area contributed by atoms with Gasteiger partial charge < -0.3 is 0 Å². The monoisotopic (exact) mass is 183 g/mol. The summed E-state index contributed by atoms with van der Waals surface area (Å²) in [4.78, 5) is 0. The Hall–Kier alpha value is -1.56. The lowest BCUT2D eigenvalue weighted by atomic mass is 10.0. The molecule has 0 bridgehead atoms. The van der Waals surface area contributed by atoms with Crippen molar-refractivity contribution >= 4 is 0 Å². The summed E-state index contributed by atoms with van der Waals surface area (Å²) < 4.78 is 7.81. The third-order valence-electron chi connectivity index (χ3n) is 2.38. The van der Waals surface area contributed by atoms with Crippen LogP contribution in [0, 0.1) is 0 Å². The maximum absolute atomic E-state index is 7.81. The van der Waals surface area contributed by atoms with Gasteiger partial charge in [-0.15, -0.1) is 0 Å². The highest BCUT2D eigenvalue weighted by Gasteiger charge is 1.95. The van der Waals surface area contributed by atoms with Crippen LogP contribution in [0.1, 0.15) is 13.9 Å². The zero-order valence-corrected chi connectivity index (χ0v) is 8.33. The molecule has 14 heavy (non-hydrogen) atoms. The Bertz CT molecular complexity index is 443. The molecule has 0 aliphatic rings. The van der Waals surface area contributed by atoms with E-state index in [4.69, 9.17) is 1.37 Å². The van der Waals surface area contributed by atoms with Crippen LogP contribution in [0.3, 0.4) is 0 Å². The molecule has 0 amide bonds. The van der Waals surface area contributed by atoms with Crippen LogP contribution in [0.5, 0.6) is 0 Å². The summed E-state index contributed by atoms with van der Waals surface area (Å²) in [5, 5.41) is 0. The zero-order valence-electron chi connectivity index (χ0n) is 9.33. The second-order valence-electron chi connectivity index (χ2n) is 3.33. The van der Waals surface area contributed by atoms with E-state index in [9.17, 15) is 0 Å². The normalized spacial score (nSPS) is 11.1. The Kier molecular flexibility index (Phi) is 2.29. The van der Waals surface area contributed by atoms with E-state index in [0.29, 0.717) is 6.04 Å². The molecular weight excluding hydrogens is 168 g/mol. The molecule has 0 heterocycles. The zero-order chi connectivity index (χ0) is 10.7. The minimum absolute atomic E-state index is 0.585. The predicted molar refractivity (Wildman–Crippen MR) is 61.3 cm³/mol. The molecule has 0 saturated carbocycles. The summed E-state index contributed by atoms with van der Waals surface area (Å²) in [7, 11) is 0. The maximum Gasteiger partial charge on any atom is 0.0629 e. The van der Waals surface area contributed by atoms with Gasteiger partial charge in [-0.3, -0.25) is 0 Å². The van der Waals surface area contributed by atoms with E-state index >= 15 is 0 Å². The van der Waals surface area contributed by atoms with Crippen molar-refractivity contribution in [1.82, 2.24) is 0 Å². The number of benzene rings is 2. The summed E-state index contributed by atoms with van der Waals surface area (Å²) in [5.74, 6) is 0. The van der Waals surface area contributed by atoms with Gasteiger partial charge in [-0.05, 0) is 23.1 Å². The van der Waals surface area contributed by atoms with E-state index in [2.05, 4.69) is 31.2 Å². The van der Waals surface area contributed by atoms with Crippen LogP contribution in [0.2, 0.25) is 0 Å². The standard InChI is InChI=1S/C14H14/c1-2-12-8-10-14(11-9-12)13-6-4-3-5-7-13/h3-11H,2H2,1H3/i6D. The molecule has 0 aromatic heterocycles. The van der Waals surface area contributed by atoms with Gasteiger partial charge in [-0.1, -0.05) is 61.5 Å². The van der Waals surface area contributed by atoms with Crippen molar-refractivity contribution in [3.05, 3.63) is 60.1 Å². The molecule has 2 aromatic carbocycles. The Morgan fingerprint density at radius 2 is 1.71 bits per heavy atom. The highest BCUT2D eigenvalue weighted by atomic mass is 14.0. The van der Waals surface area contributed by atoms with E-state index in [1.807, 2.05) is 24.3 Å². The number of aryl methyl sites for hydroxylation is 1. The minimum atomic E-state index is 0.585. The molecule has 0 fully saturated rings. The van der Waals surface area contributed by atoms with E-state index in [1.165, 1.54) is 5.56 Å². The first-order valence-electron chi connectivity index (χ1n) is 5.46. The van der Waals surface area contributed by atoms with Gasteiger partial charge >= 0.3 is 0 Å². The molecule has 0 atom stereocenters. The second kappa shape index (κ2) is 4.10. The van der Waals surface area contributed by atoms with Crippen LogP contribution < -0.4 is 0 Å². The summed E-state index contributed by atoms with van der Waals surface area (Å²) >= 11 is 0. The molecule has 2 rings (SSSR count).